The van der Waals surface area contributed by atoms with Gasteiger partial charge in [0.25, 0.3) is 10.0 Å². The predicted octanol–water partition coefficient (Wildman–Crippen LogP) is 3.57. The summed E-state index contributed by atoms with van der Waals surface area (Å²) in [5, 5.41) is 10.9. The predicted molar refractivity (Wildman–Crippen MR) is 115 cm³/mol. The number of hydrogen-bond acceptors (Lipinski definition) is 5. The zero-order chi connectivity index (χ0) is 22.0. The third-order valence-corrected chi connectivity index (χ3v) is 6.45. The van der Waals surface area contributed by atoms with Crippen molar-refractivity contribution in [2.75, 3.05) is 10.0 Å². The molecule has 0 bridgehead atoms. The van der Waals surface area contributed by atoms with Crippen molar-refractivity contribution in [1.82, 2.24) is 14.8 Å². The number of carbonyl (C=O) groups excluding carboxylic acids is 1. The molecule has 1 aliphatic rings. The Bertz CT molecular complexity index is 1220. The number of benzene rings is 2. The van der Waals surface area contributed by atoms with Crippen LogP contribution in [0.2, 0.25) is 0 Å². The van der Waals surface area contributed by atoms with Gasteiger partial charge in [-0.3, -0.25) is 9.52 Å². The average molecular weight is 444 g/mol. The number of amides is 1. The van der Waals surface area contributed by atoms with Gasteiger partial charge in [0.15, 0.2) is 5.82 Å². The SMILES string of the molecule is CC(=O)Nc1ccc(S(=O)(=O)Nc2ccc(F)c(-c3nnc4n3CCCCC4)c2)cc1. The van der Waals surface area contributed by atoms with E-state index in [1.807, 2.05) is 4.57 Å². The van der Waals surface area contributed by atoms with Gasteiger partial charge >= 0.3 is 0 Å². The number of rotatable bonds is 5. The lowest BCUT2D eigenvalue weighted by Crippen LogP contribution is -2.13. The Balaban J connectivity index is 1.62. The minimum atomic E-state index is -3.91. The molecule has 31 heavy (non-hydrogen) atoms. The molecule has 1 amide bonds. The van der Waals surface area contributed by atoms with E-state index < -0.39 is 15.8 Å². The molecule has 1 aliphatic heterocycles. The van der Waals surface area contributed by atoms with Gasteiger partial charge in [0.1, 0.15) is 11.6 Å². The van der Waals surface area contributed by atoms with Crippen LogP contribution in [-0.2, 0) is 27.8 Å². The summed E-state index contributed by atoms with van der Waals surface area (Å²) < 4.78 is 44.5. The molecule has 1 aromatic heterocycles. The van der Waals surface area contributed by atoms with Gasteiger partial charge in [-0.15, -0.1) is 10.2 Å². The second-order valence-corrected chi connectivity index (χ2v) is 9.09. The summed E-state index contributed by atoms with van der Waals surface area (Å²) in [4.78, 5) is 11.1. The van der Waals surface area contributed by atoms with Crippen molar-refractivity contribution in [2.24, 2.45) is 0 Å². The van der Waals surface area contributed by atoms with Gasteiger partial charge in [-0.2, -0.15) is 0 Å². The molecule has 0 aliphatic carbocycles. The highest BCUT2D eigenvalue weighted by atomic mass is 32.2. The van der Waals surface area contributed by atoms with Gasteiger partial charge in [0.2, 0.25) is 5.91 Å². The van der Waals surface area contributed by atoms with Crippen molar-refractivity contribution < 1.29 is 17.6 Å². The number of sulfonamides is 1. The van der Waals surface area contributed by atoms with Crippen molar-refractivity contribution in [3.8, 4) is 11.4 Å². The zero-order valence-electron chi connectivity index (χ0n) is 16.9. The van der Waals surface area contributed by atoms with Crippen LogP contribution in [-0.4, -0.2) is 29.1 Å². The second kappa shape index (κ2) is 8.46. The molecule has 0 unspecified atom stereocenters. The van der Waals surface area contributed by atoms with Crippen LogP contribution in [0.5, 0.6) is 0 Å². The minimum Gasteiger partial charge on any atom is -0.326 e. The number of nitrogens with zero attached hydrogens (tertiary/aromatic N) is 3. The molecule has 0 radical (unpaired) electrons. The topological polar surface area (TPSA) is 106 Å². The van der Waals surface area contributed by atoms with Gasteiger partial charge in [0, 0.05) is 31.3 Å². The molecule has 2 aromatic carbocycles. The number of aryl methyl sites for hydroxylation is 1. The van der Waals surface area contributed by atoms with E-state index in [2.05, 4.69) is 20.2 Å². The molecule has 2 heterocycles. The van der Waals surface area contributed by atoms with Crippen LogP contribution >= 0.6 is 0 Å². The van der Waals surface area contributed by atoms with E-state index in [9.17, 15) is 17.6 Å². The summed E-state index contributed by atoms with van der Waals surface area (Å²) in [7, 11) is -3.91. The maximum Gasteiger partial charge on any atom is 0.261 e. The Morgan fingerprint density at radius 2 is 1.77 bits per heavy atom. The fourth-order valence-corrected chi connectivity index (χ4v) is 4.63. The maximum absolute atomic E-state index is 14.6. The molecule has 2 N–H and O–H groups in total. The van der Waals surface area contributed by atoms with E-state index in [4.69, 9.17) is 0 Å². The van der Waals surface area contributed by atoms with E-state index in [-0.39, 0.29) is 22.1 Å². The van der Waals surface area contributed by atoms with Gasteiger partial charge in [-0.25, -0.2) is 12.8 Å². The number of fused-ring (bicyclic) bond motifs is 1. The quantitative estimate of drug-likeness (QED) is 0.627. The Morgan fingerprint density at radius 1 is 1.03 bits per heavy atom. The Morgan fingerprint density at radius 3 is 2.52 bits per heavy atom. The summed E-state index contributed by atoms with van der Waals surface area (Å²) in [6, 6.07) is 9.77. The van der Waals surface area contributed by atoms with Crippen LogP contribution in [0.15, 0.2) is 47.4 Å². The summed E-state index contributed by atoms with van der Waals surface area (Å²) in [6.07, 6.45) is 3.84. The van der Waals surface area contributed by atoms with Gasteiger partial charge in [-0.1, -0.05) is 6.42 Å². The Kier molecular flexibility index (Phi) is 5.73. The highest BCUT2D eigenvalue weighted by Crippen LogP contribution is 2.28. The van der Waals surface area contributed by atoms with E-state index in [1.165, 1.54) is 49.4 Å². The molecule has 10 heteroatoms. The molecular formula is C21H22FN5O3S. The number of anilines is 2. The minimum absolute atomic E-state index is 0.0174. The monoisotopic (exact) mass is 443 g/mol. The van der Waals surface area contributed by atoms with Crippen LogP contribution in [0.4, 0.5) is 15.8 Å². The number of halogens is 1. The summed E-state index contributed by atoms with van der Waals surface area (Å²) in [5.41, 5.74) is 0.901. The first-order chi connectivity index (χ1) is 14.8. The Labute approximate surface area is 179 Å². The molecule has 0 atom stereocenters. The molecular weight excluding hydrogens is 421 g/mol. The highest BCUT2D eigenvalue weighted by Gasteiger charge is 2.20. The second-order valence-electron chi connectivity index (χ2n) is 7.41. The molecule has 0 fully saturated rings. The molecule has 0 saturated carbocycles. The summed E-state index contributed by atoms with van der Waals surface area (Å²) >= 11 is 0. The molecule has 0 saturated heterocycles. The number of nitrogens with one attached hydrogen (secondary N) is 2. The lowest BCUT2D eigenvalue weighted by atomic mass is 10.1. The standard InChI is InChI=1S/C21H22FN5O3S/c1-14(28)23-15-6-9-17(10-7-15)31(29,30)26-16-8-11-19(22)18(13-16)21-25-24-20-5-3-2-4-12-27(20)21/h6-11,13,26H,2-5,12H2,1H3,(H,23,28). The van der Waals surface area contributed by atoms with Crippen molar-refractivity contribution in [3.05, 3.63) is 54.1 Å². The van der Waals surface area contributed by atoms with Crippen LogP contribution in [0.3, 0.4) is 0 Å². The van der Waals surface area contributed by atoms with Crippen molar-refractivity contribution >= 4 is 27.3 Å². The summed E-state index contributed by atoms with van der Waals surface area (Å²) in [5.74, 6) is 0.466. The van der Waals surface area contributed by atoms with Gasteiger partial charge in [-0.05, 0) is 55.3 Å². The fraction of sp³-hybridized carbons (Fsp3) is 0.286. The smallest absolute Gasteiger partial charge is 0.261 e. The number of hydrogen-bond donors (Lipinski definition) is 2. The largest absolute Gasteiger partial charge is 0.326 e. The van der Waals surface area contributed by atoms with Crippen LogP contribution in [0.25, 0.3) is 11.4 Å². The van der Waals surface area contributed by atoms with Crippen LogP contribution in [0.1, 0.15) is 32.0 Å². The third kappa shape index (κ3) is 4.58. The van der Waals surface area contributed by atoms with Gasteiger partial charge in [0.05, 0.1) is 10.5 Å². The van der Waals surface area contributed by atoms with Crippen molar-refractivity contribution in [3.63, 3.8) is 0 Å². The van der Waals surface area contributed by atoms with E-state index in [0.29, 0.717) is 18.1 Å². The van der Waals surface area contributed by atoms with Crippen LogP contribution in [0, 0.1) is 5.82 Å². The van der Waals surface area contributed by atoms with E-state index in [0.717, 1.165) is 31.5 Å². The maximum atomic E-state index is 14.6. The molecule has 162 valence electrons. The van der Waals surface area contributed by atoms with E-state index >= 15 is 0 Å². The summed E-state index contributed by atoms with van der Waals surface area (Å²) in [6.45, 7) is 2.07. The first-order valence-electron chi connectivity index (χ1n) is 9.96. The average Bonchev–Trinajstić information content (AvgIpc) is 2.97. The molecule has 3 aromatic rings. The lowest BCUT2D eigenvalue weighted by molar-refractivity contribution is -0.114. The third-order valence-electron chi connectivity index (χ3n) is 5.05. The molecule has 8 nitrogen and oxygen atoms in total. The first kappa shape index (κ1) is 21.0. The normalized spacial score (nSPS) is 13.9. The molecule has 0 spiro atoms. The number of aromatic nitrogens is 3. The van der Waals surface area contributed by atoms with Crippen molar-refractivity contribution in [1.29, 1.82) is 0 Å². The van der Waals surface area contributed by atoms with Crippen LogP contribution < -0.4 is 10.0 Å². The van der Waals surface area contributed by atoms with Crippen molar-refractivity contribution in [2.45, 2.75) is 44.0 Å². The Hall–Kier alpha value is -3.27. The van der Waals surface area contributed by atoms with Gasteiger partial charge < -0.3 is 9.88 Å². The lowest BCUT2D eigenvalue weighted by Gasteiger charge is -2.12. The zero-order valence-corrected chi connectivity index (χ0v) is 17.7. The fourth-order valence-electron chi connectivity index (χ4n) is 3.58. The molecule has 4 rings (SSSR count). The number of carbonyl (C=O) groups is 1. The van der Waals surface area contributed by atoms with E-state index in [1.54, 1.807) is 0 Å². The first-order valence-corrected chi connectivity index (χ1v) is 11.4. The highest BCUT2D eigenvalue weighted by molar-refractivity contribution is 7.92.